The van der Waals surface area contributed by atoms with Gasteiger partial charge in [0, 0.05) is 10.0 Å². The summed E-state index contributed by atoms with van der Waals surface area (Å²) >= 11 is 12.0. The summed E-state index contributed by atoms with van der Waals surface area (Å²) < 4.78 is 4.91. The molecule has 1 saturated heterocycles. The summed E-state index contributed by atoms with van der Waals surface area (Å²) in [6.07, 6.45) is 1.41. The van der Waals surface area contributed by atoms with Crippen LogP contribution in [0.3, 0.4) is 0 Å². The molecule has 1 aliphatic rings. The molecule has 0 aromatic heterocycles. The third-order valence-electron chi connectivity index (χ3n) is 3.79. The van der Waals surface area contributed by atoms with Crippen LogP contribution in [0.5, 0.6) is 0 Å². The molecule has 2 aromatic rings. The Morgan fingerprint density at radius 3 is 2.48 bits per heavy atom. The molecule has 2 amide bonds. The molecule has 1 aliphatic heterocycles. The molecular formula is C19H14Cl2N2O4. The first-order valence-corrected chi connectivity index (χ1v) is 8.75. The normalized spacial score (nSPS) is 15.2. The highest BCUT2D eigenvalue weighted by molar-refractivity contribution is 6.36. The average Bonchev–Trinajstić information content (AvgIpc) is 2.92. The summed E-state index contributed by atoms with van der Waals surface area (Å²) in [6.45, 7) is 1.98. The molecule has 2 aromatic carbocycles. The number of carbonyl (C=O) groups excluding carboxylic acids is 3. The predicted molar refractivity (Wildman–Crippen MR) is 102 cm³/mol. The lowest BCUT2D eigenvalue weighted by molar-refractivity contribution is -0.117. The van der Waals surface area contributed by atoms with Crippen LogP contribution < -0.4 is 10.4 Å². The largest absolute Gasteiger partial charge is 0.462 e. The second-order valence-electron chi connectivity index (χ2n) is 5.57. The second-order valence-corrected chi connectivity index (χ2v) is 6.42. The zero-order chi connectivity index (χ0) is 19.6. The van der Waals surface area contributed by atoms with Gasteiger partial charge in [0.1, 0.15) is 5.57 Å². The Labute approximate surface area is 165 Å². The highest BCUT2D eigenvalue weighted by atomic mass is 35.5. The maximum Gasteiger partial charge on any atom is 0.338 e. The predicted octanol–water partition coefficient (Wildman–Crippen LogP) is 3.63. The Kier molecular flexibility index (Phi) is 5.48. The van der Waals surface area contributed by atoms with Crippen molar-refractivity contribution in [2.45, 2.75) is 6.92 Å². The van der Waals surface area contributed by atoms with E-state index in [9.17, 15) is 14.4 Å². The first-order chi connectivity index (χ1) is 12.9. The van der Waals surface area contributed by atoms with Crippen LogP contribution in [0.15, 0.2) is 48.0 Å². The van der Waals surface area contributed by atoms with Gasteiger partial charge in [0.05, 0.1) is 17.9 Å². The summed E-state index contributed by atoms with van der Waals surface area (Å²) in [4.78, 5) is 36.6. The summed E-state index contributed by atoms with van der Waals surface area (Å²) in [5.74, 6) is -1.55. The zero-order valence-corrected chi connectivity index (χ0v) is 15.7. The van der Waals surface area contributed by atoms with Gasteiger partial charge in [-0.15, -0.1) is 0 Å². The van der Waals surface area contributed by atoms with Crippen LogP contribution in [0.2, 0.25) is 10.0 Å². The highest BCUT2D eigenvalue weighted by Crippen LogP contribution is 2.26. The van der Waals surface area contributed by atoms with Gasteiger partial charge < -0.3 is 4.74 Å². The van der Waals surface area contributed by atoms with Crippen LogP contribution in [0.25, 0.3) is 6.08 Å². The standard InChI is InChI=1S/C19H14Cl2N2O4/c1-2-27-19(26)11-4-7-14(8-5-11)23-18(25)15(17(24)22-23)9-12-3-6-13(20)10-16(12)21/h3-10H,2H2,1H3,(H,22,24)/b15-9-. The molecule has 0 saturated carbocycles. The van der Waals surface area contributed by atoms with Crippen LogP contribution in [-0.4, -0.2) is 24.4 Å². The molecule has 3 rings (SSSR count). The SMILES string of the molecule is CCOC(=O)c1ccc(N2NC(=O)/C(=C/c3ccc(Cl)cc3Cl)C2=O)cc1. The monoisotopic (exact) mass is 404 g/mol. The van der Waals surface area contributed by atoms with E-state index in [1.54, 1.807) is 31.2 Å². The summed E-state index contributed by atoms with van der Waals surface area (Å²) in [6, 6.07) is 10.9. The maximum absolute atomic E-state index is 12.6. The van der Waals surface area contributed by atoms with Crippen LogP contribution in [0, 0.1) is 0 Å². The molecule has 0 aliphatic carbocycles. The third kappa shape index (κ3) is 3.97. The van der Waals surface area contributed by atoms with Crippen LogP contribution in [0.4, 0.5) is 5.69 Å². The maximum atomic E-state index is 12.6. The molecule has 0 bridgehead atoms. The first kappa shape index (κ1) is 18.9. The van der Waals surface area contributed by atoms with Gasteiger partial charge in [0.25, 0.3) is 11.8 Å². The quantitative estimate of drug-likeness (QED) is 0.479. The fraction of sp³-hybridized carbons (Fsp3) is 0.105. The number of esters is 1. The topological polar surface area (TPSA) is 75.7 Å². The van der Waals surface area contributed by atoms with Crippen molar-refractivity contribution in [2.75, 3.05) is 11.6 Å². The molecule has 0 spiro atoms. The van der Waals surface area contributed by atoms with Crippen molar-refractivity contribution < 1.29 is 19.1 Å². The van der Waals surface area contributed by atoms with Gasteiger partial charge in [-0.3, -0.25) is 15.0 Å². The minimum absolute atomic E-state index is 0.0614. The Balaban J connectivity index is 1.85. The fourth-order valence-electron chi connectivity index (χ4n) is 2.47. The summed E-state index contributed by atoms with van der Waals surface area (Å²) in [5.41, 5.74) is 3.68. The number of nitrogens with zero attached hydrogens (tertiary/aromatic N) is 1. The molecule has 0 unspecified atom stereocenters. The van der Waals surface area contributed by atoms with E-state index in [1.165, 1.54) is 24.3 Å². The number of rotatable bonds is 4. The van der Waals surface area contributed by atoms with Crippen molar-refractivity contribution in [3.05, 3.63) is 69.2 Å². The van der Waals surface area contributed by atoms with Crippen molar-refractivity contribution in [3.8, 4) is 0 Å². The molecule has 1 fully saturated rings. The summed E-state index contributed by atoms with van der Waals surface area (Å²) in [5, 5.41) is 1.88. The van der Waals surface area contributed by atoms with Gasteiger partial charge in [-0.2, -0.15) is 0 Å². The smallest absolute Gasteiger partial charge is 0.338 e. The van der Waals surface area contributed by atoms with E-state index in [2.05, 4.69) is 5.43 Å². The molecule has 138 valence electrons. The number of hydrazine groups is 1. The minimum atomic E-state index is -0.555. The van der Waals surface area contributed by atoms with Gasteiger partial charge in [-0.1, -0.05) is 29.3 Å². The number of halogens is 2. The Morgan fingerprint density at radius 1 is 1.15 bits per heavy atom. The lowest BCUT2D eigenvalue weighted by Gasteiger charge is -2.14. The van der Waals surface area contributed by atoms with Crippen molar-refractivity contribution >= 4 is 52.7 Å². The number of carbonyl (C=O) groups is 3. The van der Waals surface area contributed by atoms with E-state index >= 15 is 0 Å². The van der Waals surface area contributed by atoms with Gasteiger partial charge >= 0.3 is 5.97 Å². The Morgan fingerprint density at radius 2 is 1.85 bits per heavy atom. The fourth-order valence-corrected chi connectivity index (χ4v) is 2.94. The van der Waals surface area contributed by atoms with E-state index in [0.29, 0.717) is 26.9 Å². The Hall–Kier alpha value is -2.83. The van der Waals surface area contributed by atoms with Crippen molar-refractivity contribution in [1.29, 1.82) is 0 Å². The number of nitrogens with one attached hydrogen (secondary N) is 1. The molecule has 1 N–H and O–H groups in total. The van der Waals surface area contributed by atoms with Gasteiger partial charge in [0.15, 0.2) is 0 Å². The van der Waals surface area contributed by atoms with E-state index in [1.807, 2.05) is 0 Å². The number of benzene rings is 2. The number of hydrogen-bond donors (Lipinski definition) is 1. The van der Waals surface area contributed by atoms with Gasteiger partial charge in [-0.25, -0.2) is 9.80 Å². The van der Waals surface area contributed by atoms with Crippen LogP contribution in [0.1, 0.15) is 22.8 Å². The number of ether oxygens (including phenoxy) is 1. The molecule has 8 heteroatoms. The highest BCUT2D eigenvalue weighted by Gasteiger charge is 2.34. The second kappa shape index (κ2) is 7.82. The van der Waals surface area contributed by atoms with E-state index in [4.69, 9.17) is 27.9 Å². The van der Waals surface area contributed by atoms with E-state index < -0.39 is 17.8 Å². The molecule has 0 atom stereocenters. The number of anilines is 1. The third-order valence-corrected chi connectivity index (χ3v) is 4.35. The molecule has 6 nitrogen and oxygen atoms in total. The van der Waals surface area contributed by atoms with Gasteiger partial charge in [-0.05, 0) is 55.0 Å². The van der Waals surface area contributed by atoms with Gasteiger partial charge in [0.2, 0.25) is 0 Å². The average molecular weight is 405 g/mol. The molecule has 1 heterocycles. The number of hydrogen-bond acceptors (Lipinski definition) is 4. The minimum Gasteiger partial charge on any atom is -0.462 e. The van der Waals surface area contributed by atoms with Crippen molar-refractivity contribution in [3.63, 3.8) is 0 Å². The first-order valence-electron chi connectivity index (χ1n) is 8.00. The summed E-state index contributed by atoms with van der Waals surface area (Å²) in [7, 11) is 0. The molecule has 0 radical (unpaired) electrons. The molecule has 27 heavy (non-hydrogen) atoms. The lowest BCUT2D eigenvalue weighted by atomic mass is 10.1. The number of amides is 2. The Bertz CT molecular complexity index is 955. The van der Waals surface area contributed by atoms with E-state index in [-0.39, 0.29) is 12.2 Å². The van der Waals surface area contributed by atoms with Crippen LogP contribution >= 0.6 is 23.2 Å². The molecular weight excluding hydrogens is 391 g/mol. The zero-order valence-electron chi connectivity index (χ0n) is 14.2. The lowest BCUT2D eigenvalue weighted by Crippen LogP contribution is -2.35. The van der Waals surface area contributed by atoms with Crippen molar-refractivity contribution in [2.24, 2.45) is 0 Å². The van der Waals surface area contributed by atoms with E-state index in [0.717, 1.165) is 5.01 Å². The van der Waals surface area contributed by atoms with Crippen LogP contribution in [-0.2, 0) is 14.3 Å². The van der Waals surface area contributed by atoms with Crippen molar-refractivity contribution in [1.82, 2.24) is 5.43 Å².